The summed E-state index contributed by atoms with van der Waals surface area (Å²) in [5, 5.41) is 21.7. The molecule has 0 aliphatic heterocycles. The number of aromatic nitrogens is 3. The standard InChI is InChI=1S/C14H9BrClN5O3S/c15-8-1-2-10(11(5-8)21(23)24)20-7-9(18-19-20)6-17-14(22)12-3-4-13(16)25-12/h1-5,7H,6H2,(H,17,22). The molecule has 0 saturated carbocycles. The summed E-state index contributed by atoms with van der Waals surface area (Å²) in [5.74, 6) is -0.277. The molecule has 1 aromatic carbocycles. The Morgan fingerprint density at radius 1 is 1.40 bits per heavy atom. The average Bonchev–Trinajstić information content (AvgIpc) is 3.21. The van der Waals surface area contributed by atoms with Gasteiger partial charge in [-0.05, 0) is 24.3 Å². The number of halogens is 2. The van der Waals surface area contributed by atoms with Gasteiger partial charge in [0.2, 0.25) is 0 Å². The molecule has 0 radical (unpaired) electrons. The Balaban J connectivity index is 1.75. The predicted molar refractivity (Wildman–Crippen MR) is 96.2 cm³/mol. The van der Waals surface area contributed by atoms with E-state index in [0.717, 1.165) is 0 Å². The predicted octanol–water partition coefficient (Wildman–Crippen LogP) is 3.58. The van der Waals surface area contributed by atoms with Gasteiger partial charge in [0, 0.05) is 10.5 Å². The van der Waals surface area contributed by atoms with Crippen LogP contribution in [0, 0.1) is 10.1 Å². The van der Waals surface area contributed by atoms with Gasteiger partial charge in [-0.2, -0.15) is 0 Å². The maximum absolute atomic E-state index is 12.0. The highest BCUT2D eigenvalue weighted by molar-refractivity contribution is 9.10. The SMILES string of the molecule is O=C(NCc1cn(-c2ccc(Br)cc2[N+](=O)[O-])nn1)c1ccc(Cl)s1. The molecule has 0 aliphatic rings. The van der Waals surface area contributed by atoms with Crippen LogP contribution in [0.2, 0.25) is 4.34 Å². The lowest BCUT2D eigenvalue weighted by molar-refractivity contribution is -0.384. The van der Waals surface area contributed by atoms with Gasteiger partial charge in [0.05, 0.1) is 26.9 Å². The minimum absolute atomic E-state index is 0.108. The van der Waals surface area contributed by atoms with Crippen LogP contribution in [0.15, 0.2) is 41.0 Å². The van der Waals surface area contributed by atoms with Gasteiger partial charge >= 0.3 is 0 Å². The molecular formula is C14H9BrClN5O3S. The maximum Gasteiger partial charge on any atom is 0.296 e. The van der Waals surface area contributed by atoms with Crippen molar-refractivity contribution in [2.24, 2.45) is 0 Å². The second-order valence-electron chi connectivity index (χ2n) is 4.83. The third kappa shape index (κ3) is 4.03. The zero-order valence-electron chi connectivity index (χ0n) is 12.3. The number of amides is 1. The molecule has 11 heteroatoms. The third-order valence-electron chi connectivity index (χ3n) is 3.15. The number of nitro groups is 1. The zero-order valence-corrected chi connectivity index (χ0v) is 15.5. The van der Waals surface area contributed by atoms with Crippen LogP contribution in [0.5, 0.6) is 0 Å². The van der Waals surface area contributed by atoms with Crippen molar-refractivity contribution >= 4 is 50.5 Å². The Morgan fingerprint density at radius 3 is 2.88 bits per heavy atom. The molecule has 0 fully saturated rings. The molecule has 0 unspecified atom stereocenters. The van der Waals surface area contributed by atoms with Gasteiger partial charge in [0.25, 0.3) is 11.6 Å². The fourth-order valence-electron chi connectivity index (χ4n) is 2.03. The van der Waals surface area contributed by atoms with E-state index >= 15 is 0 Å². The number of carbonyl (C=O) groups is 1. The molecule has 1 N–H and O–H groups in total. The van der Waals surface area contributed by atoms with E-state index in [2.05, 4.69) is 31.6 Å². The molecule has 0 spiro atoms. The molecular weight excluding hydrogens is 434 g/mol. The first-order chi connectivity index (χ1) is 11.9. The molecule has 0 atom stereocenters. The summed E-state index contributed by atoms with van der Waals surface area (Å²) in [5.41, 5.74) is 0.639. The van der Waals surface area contributed by atoms with Crippen molar-refractivity contribution in [2.45, 2.75) is 6.54 Å². The summed E-state index contributed by atoms with van der Waals surface area (Å²) in [7, 11) is 0. The van der Waals surface area contributed by atoms with E-state index in [-0.39, 0.29) is 23.8 Å². The first-order valence-corrected chi connectivity index (χ1v) is 8.82. The molecule has 0 aliphatic carbocycles. The smallest absolute Gasteiger partial charge is 0.296 e. The zero-order chi connectivity index (χ0) is 18.0. The van der Waals surface area contributed by atoms with E-state index in [9.17, 15) is 14.9 Å². The van der Waals surface area contributed by atoms with Crippen LogP contribution in [0.4, 0.5) is 5.69 Å². The van der Waals surface area contributed by atoms with E-state index in [1.165, 1.54) is 28.3 Å². The third-order valence-corrected chi connectivity index (χ3v) is 4.87. The number of benzene rings is 1. The van der Waals surface area contributed by atoms with Crippen LogP contribution in [0.3, 0.4) is 0 Å². The van der Waals surface area contributed by atoms with Crippen molar-refractivity contribution in [3.8, 4) is 5.69 Å². The van der Waals surface area contributed by atoms with Crippen LogP contribution < -0.4 is 5.32 Å². The molecule has 2 aromatic heterocycles. The van der Waals surface area contributed by atoms with Gasteiger partial charge in [-0.3, -0.25) is 14.9 Å². The van der Waals surface area contributed by atoms with Gasteiger partial charge in [0.1, 0.15) is 11.4 Å². The van der Waals surface area contributed by atoms with Crippen molar-refractivity contribution in [3.63, 3.8) is 0 Å². The second-order valence-corrected chi connectivity index (χ2v) is 7.46. The van der Waals surface area contributed by atoms with Crippen molar-refractivity contribution in [2.75, 3.05) is 0 Å². The number of hydrogen-bond acceptors (Lipinski definition) is 6. The van der Waals surface area contributed by atoms with Crippen LogP contribution in [-0.2, 0) is 6.54 Å². The van der Waals surface area contributed by atoms with E-state index < -0.39 is 4.92 Å². The second kappa shape index (κ2) is 7.30. The van der Waals surface area contributed by atoms with Crippen LogP contribution in [0.1, 0.15) is 15.4 Å². The number of nitro benzene ring substituents is 1. The van der Waals surface area contributed by atoms with E-state index in [1.807, 2.05) is 0 Å². The first kappa shape index (κ1) is 17.5. The normalized spacial score (nSPS) is 10.6. The average molecular weight is 443 g/mol. The molecule has 3 aromatic rings. The van der Waals surface area contributed by atoms with Crippen molar-refractivity contribution in [3.05, 3.63) is 66.0 Å². The van der Waals surface area contributed by atoms with E-state index in [4.69, 9.17) is 11.6 Å². The van der Waals surface area contributed by atoms with E-state index in [1.54, 1.807) is 24.3 Å². The fraction of sp³-hybridized carbons (Fsp3) is 0.0714. The number of hydrogen-bond donors (Lipinski definition) is 1. The minimum atomic E-state index is -0.496. The van der Waals surface area contributed by atoms with Crippen LogP contribution >= 0.6 is 38.9 Å². The Labute approximate surface area is 158 Å². The summed E-state index contributed by atoms with van der Waals surface area (Å²) in [4.78, 5) is 23.2. The lowest BCUT2D eigenvalue weighted by atomic mass is 10.2. The Morgan fingerprint density at radius 2 is 2.20 bits per heavy atom. The summed E-state index contributed by atoms with van der Waals surface area (Å²) < 4.78 is 2.41. The molecule has 1 amide bonds. The lowest BCUT2D eigenvalue weighted by Gasteiger charge is -2.02. The molecule has 0 saturated heterocycles. The van der Waals surface area contributed by atoms with Crippen molar-refractivity contribution in [1.82, 2.24) is 20.3 Å². The summed E-state index contributed by atoms with van der Waals surface area (Å²) >= 11 is 10.2. The highest BCUT2D eigenvalue weighted by Crippen LogP contribution is 2.26. The van der Waals surface area contributed by atoms with Gasteiger partial charge in [-0.1, -0.05) is 32.7 Å². The topological polar surface area (TPSA) is 103 Å². The number of carbonyl (C=O) groups excluding carboxylic acids is 1. The monoisotopic (exact) mass is 441 g/mol. The van der Waals surface area contributed by atoms with Gasteiger partial charge in [-0.15, -0.1) is 16.4 Å². The number of nitrogens with one attached hydrogen (secondary N) is 1. The molecule has 0 bridgehead atoms. The van der Waals surface area contributed by atoms with Gasteiger partial charge < -0.3 is 5.32 Å². The summed E-state index contributed by atoms with van der Waals surface area (Å²) in [6.07, 6.45) is 1.53. The number of rotatable bonds is 5. The van der Waals surface area contributed by atoms with Crippen LogP contribution in [0.25, 0.3) is 5.69 Å². The quantitative estimate of drug-likeness (QED) is 0.480. The Hall–Kier alpha value is -2.30. The highest BCUT2D eigenvalue weighted by atomic mass is 79.9. The van der Waals surface area contributed by atoms with Gasteiger partial charge in [-0.25, -0.2) is 4.68 Å². The first-order valence-electron chi connectivity index (χ1n) is 6.83. The Kier molecular flexibility index (Phi) is 5.11. The highest BCUT2D eigenvalue weighted by Gasteiger charge is 2.17. The number of thiophene rings is 1. The summed E-state index contributed by atoms with van der Waals surface area (Å²) in [6, 6.07) is 7.90. The molecule has 128 valence electrons. The molecule has 2 heterocycles. The van der Waals surface area contributed by atoms with Gasteiger partial charge in [0.15, 0.2) is 0 Å². The molecule has 8 nitrogen and oxygen atoms in total. The summed E-state index contributed by atoms with van der Waals surface area (Å²) in [6.45, 7) is 0.138. The van der Waals surface area contributed by atoms with Crippen molar-refractivity contribution < 1.29 is 9.72 Å². The van der Waals surface area contributed by atoms with Crippen molar-refractivity contribution in [1.29, 1.82) is 0 Å². The fourth-order valence-corrected chi connectivity index (χ4v) is 3.34. The minimum Gasteiger partial charge on any atom is -0.346 e. The largest absolute Gasteiger partial charge is 0.346 e. The molecule has 25 heavy (non-hydrogen) atoms. The van der Waals surface area contributed by atoms with Crippen LogP contribution in [-0.4, -0.2) is 25.8 Å². The Bertz CT molecular complexity index is 958. The lowest BCUT2D eigenvalue weighted by Crippen LogP contribution is -2.21. The van der Waals surface area contributed by atoms with E-state index in [0.29, 0.717) is 19.4 Å². The number of nitrogens with zero attached hydrogens (tertiary/aromatic N) is 4. The maximum atomic E-state index is 12.0. The molecule has 3 rings (SSSR count).